The van der Waals surface area contributed by atoms with Crippen molar-refractivity contribution in [3.8, 4) is 0 Å². The third-order valence-corrected chi connectivity index (χ3v) is 3.26. The number of aliphatic hydroxyl groups excluding tert-OH is 4. The monoisotopic (exact) mass is 300 g/mol. The van der Waals surface area contributed by atoms with Gasteiger partial charge in [-0.05, 0) is 6.07 Å². The number of aliphatic hydroxyl groups is 4. The summed E-state index contributed by atoms with van der Waals surface area (Å²) in [4.78, 5) is 10.1. The second-order valence-electron chi connectivity index (χ2n) is 4.70. The summed E-state index contributed by atoms with van der Waals surface area (Å²) < 4.78 is 5.24. The minimum Gasteiger partial charge on any atom is -0.394 e. The number of hydrogen-bond donors (Lipinski definition) is 5. The maximum absolute atomic E-state index is 10.7. The zero-order valence-electron chi connectivity index (χ0n) is 10.9. The first-order valence-corrected chi connectivity index (χ1v) is 6.25. The van der Waals surface area contributed by atoms with Gasteiger partial charge in [0.15, 0.2) is 6.23 Å². The fraction of sp³-hybridized carbons (Fsp3) is 0.500. The Balaban J connectivity index is 2.14. The molecule has 5 atom stereocenters. The highest BCUT2D eigenvalue weighted by molar-refractivity contribution is 5.51. The normalized spacial score (nSPS) is 32.7. The van der Waals surface area contributed by atoms with Gasteiger partial charge in [0.2, 0.25) is 0 Å². The van der Waals surface area contributed by atoms with Gasteiger partial charge in [0.25, 0.3) is 5.69 Å². The quantitative estimate of drug-likeness (QED) is 0.344. The molecule has 9 nitrogen and oxygen atoms in total. The van der Waals surface area contributed by atoms with Gasteiger partial charge in [-0.25, -0.2) is 0 Å². The first kappa shape index (κ1) is 15.6. The highest BCUT2D eigenvalue weighted by Crippen LogP contribution is 2.24. The molecule has 0 amide bonds. The van der Waals surface area contributed by atoms with Gasteiger partial charge in [0.05, 0.1) is 11.5 Å². The van der Waals surface area contributed by atoms with Crippen LogP contribution in [0.5, 0.6) is 0 Å². The Hall–Kier alpha value is -1.78. The Kier molecular flexibility index (Phi) is 4.70. The van der Waals surface area contributed by atoms with E-state index in [2.05, 4.69) is 5.32 Å². The smallest absolute Gasteiger partial charge is 0.271 e. The Bertz CT molecular complexity index is 510. The predicted molar refractivity (Wildman–Crippen MR) is 70.5 cm³/mol. The van der Waals surface area contributed by atoms with Gasteiger partial charge in [-0.1, -0.05) is 6.07 Å². The molecule has 0 bridgehead atoms. The van der Waals surface area contributed by atoms with Crippen LogP contribution in [0.2, 0.25) is 0 Å². The van der Waals surface area contributed by atoms with Crippen molar-refractivity contribution in [1.29, 1.82) is 0 Å². The van der Waals surface area contributed by atoms with E-state index in [0.717, 1.165) is 0 Å². The Morgan fingerprint density at radius 2 is 1.95 bits per heavy atom. The number of benzene rings is 1. The number of anilines is 1. The average molecular weight is 300 g/mol. The van der Waals surface area contributed by atoms with Crippen LogP contribution in [0.4, 0.5) is 11.4 Å². The van der Waals surface area contributed by atoms with Crippen molar-refractivity contribution in [1.82, 2.24) is 0 Å². The summed E-state index contributed by atoms with van der Waals surface area (Å²) in [5, 5.41) is 51.6. The molecule has 0 saturated carbocycles. The van der Waals surface area contributed by atoms with Crippen molar-refractivity contribution in [2.45, 2.75) is 30.6 Å². The summed E-state index contributed by atoms with van der Waals surface area (Å²) in [6.07, 6.45) is -6.58. The lowest BCUT2D eigenvalue weighted by Gasteiger charge is -2.40. The summed E-state index contributed by atoms with van der Waals surface area (Å²) >= 11 is 0. The molecule has 116 valence electrons. The molecule has 1 saturated heterocycles. The number of non-ortho nitro benzene ring substituents is 1. The standard InChI is InChI=1S/C12H16N2O7/c15-5-8-9(16)10(17)11(18)12(21-8)13-6-2-1-3-7(4-6)14(19)20/h1-4,8-13,15-18H,5H2/t8-,9-,10+,11-,12-/m1/s1. The minimum atomic E-state index is -1.51. The Morgan fingerprint density at radius 1 is 1.24 bits per heavy atom. The topological polar surface area (TPSA) is 145 Å². The number of hydrogen-bond acceptors (Lipinski definition) is 8. The molecule has 0 aromatic heterocycles. The van der Waals surface area contributed by atoms with Gasteiger partial charge in [-0.15, -0.1) is 0 Å². The highest BCUT2D eigenvalue weighted by Gasteiger charge is 2.43. The molecule has 0 radical (unpaired) electrons. The van der Waals surface area contributed by atoms with Crippen LogP contribution in [0.3, 0.4) is 0 Å². The van der Waals surface area contributed by atoms with Crippen LogP contribution < -0.4 is 5.32 Å². The number of nitro benzene ring substituents is 1. The molecule has 21 heavy (non-hydrogen) atoms. The van der Waals surface area contributed by atoms with Crippen LogP contribution in [-0.2, 0) is 4.74 Å². The third kappa shape index (κ3) is 3.28. The highest BCUT2D eigenvalue weighted by atomic mass is 16.6. The van der Waals surface area contributed by atoms with Crippen molar-refractivity contribution >= 4 is 11.4 Å². The van der Waals surface area contributed by atoms with Gasteiger partial charge < -0.3 is 30.5 Å². The van der Waals surface area contributed by atoms with Crippen LogP contribution in [0.15, 0.2) is 24.3 Å². The molecule has 1 aromatic rings. The van der Waals surface area contributed by atoms with E-state index in [1.54, 1.807) is 0 Å². The predicted octanol–water partition coefficient (Wildman–Crippen LogP) is -1.19. The lowest BCUT2D eigenvalue weighted by atomic mass is 9.98. The molecule has 1 aliphatic rings. The largest absolute Gasteiger partial charge is 0.394 e. The van der Waals surface area contributed by atoms with E-state index in [9.17, 15) is 25.4 Å². The summed E-state index contributed by atoms with van der Waals surface area (Å²) in [5.41, 5.74) is 0.151. The molecular weight excluding hydrogens is 284 g/mol. The van der Waals surface area contributed by atoms with Crippen molar-refractivity contribution < 1.29 is 30.1 Å². The first-order chi connectivity index (χ1) is 9.93. The fourth-order valence-electron chi connectivity index (χ4n) is 2.09. The summed E-state index contributed by atoms with van der Waals surface area (Å²) in [6, 6.07) is 5.51. The van der Waals surface area contributed by atoms with Crippen molar-refractivity contribution in [3.05, 3.63) is 34.4 Å². The van der Waals surface area contributed by atoms with Crippen LogP contribution in [-0.4, -0.2) is 62.6 Å². The zero-order chi connectivity index (χ0) is 15.6. The number of rotatable bonds is 4. The third-order valence-electron chi connectivity index (χ3n) is 3.26. The van der Waals surface area contributed by atoms with Gasteiger partial charge >= 0.3 is 0 Å². The second kappa shape index (κ2) is 6.33. The maximum atomic E-state index is 10.7. The number of ether oxygens (including phenoxy) is 1. The molecule has 0 spiro atoms. The van der Waals surface area contributed by atoms with Crippen LogP contribution in [0.25, 0.3) is 0 Å². The second-order valence-corrected chi connectivity index (χ2v) is 4.70. The molecule has 1 heterocycles. The maximum Gasteiger partial charge on any atom is 0.271 e. The average Bonchev–Trinajstić information content (AvgIpc) is 2.48. The lowest BCUT2D eigenvalue weighted by Crippen LogP contribution is -2.60. The zero-order valence-corrected chi connectivity index (χ0v) is 10.9. The molecule has 1 aromatic carbocycles. The molecule has 0 aliphatic carbocycles. The van der Waals surface area contributed by atoms with E-state index in [4.69, 9.17) is 9.84 Å². The molecule has 1 fully saturated rings. The molecule has 1 aliphatic heterocycles. The number of nitrogens with zero attached hydrogens (tertiary/aromatic N) is 1. The van der Waals surface area contributed by atoms with Crippen LogP contribution >= 0.6 is 0 Å². The van der Waals surface area contributed by atoms with Crippen LogP contribution in [0, 0.1) is 10.1 Å². The first-order valence-electron chi connectivity index (χ1n) is 6.25. The molecule has 0 unspecified atom stereocenters. The summed E-state index contributed by atoms with van der Waals surface area (Å²) in [5.74, 6) is 0. The fourth-order valence-corrected chi connectivity index (χ4v) is 2.09. The van der Waals surface area contributed by atoms with Gasteiger partial charge in [-0.3, -0.25) is 10.1 Å². The van der Waals surface area contributed by atoms with E-state index >= 15 is 0 Å². The Labute approximate surface area is 119 Å². The Morgan fingerprint density at radius 3 is 2.57 bits per heavy atom. The summed E-state index contributed by atoms with van der Waals surface area (Å²) in [7, 11) is 0. The van der Waals surface area contributed by atoms with Crippen LogP contribution in [0.1, 0.15) is 0 Å². The molecular formula is C12H16N2O7. The van der Waals surface area contributed by atoms with Gasteiger partial charge in [-0.2, -0.15) is 0 Å². The molecule has 5 N–H and O–H groups in total. The van der Waals surface area contributed by atoms with E-state index in [1.165, 1.54) is 24.3 Å². The van der Waals surface area contributed by atoms with Crippen molar-refractivity contribution in [2.75, 3.05) is 11.9 Å². The van der Waals surface area contributed by atoms with E-state index < -0.39 is 42.2 Å². The van der Waals surface area contributed by atoms with E-state index in [-0.39, 0.29) is 5.69 Å². The van der Waals surface area contributed by atoms with E-state index in [0.29, 0.717) is 5.69 Å². The SMILES string of the molecule is O=[N+]([O-])c1cccc(N[C@@H]2O[C@H](CO)[C@@H](O)[C@H](O)[C@H]2O)c1. The van der Waals surface area contributed by atoms with E-state index in [1.807, 2.05) is 0 Å². The van der Waals surface area contributed by atoms with Crippen molar-refractivity contribution in [3.63, 3.8) is 0 Å². The van der Waals surface area contributed by atoms with Gasteiger partial charge in [0.1, 0.15) is 24.4 Å². The lowest BCUT2D eigenvalue weighted by molar-refractivity contribution is -0.384. The molecule has 2 rings (SSSR count). The van der Waals surface area contributed by atoms with Crippen molar-refractivity contribution in [2.24, 2.45) is 0 Å². The summed E-state index contributed by atoms with van der Waals surface area (Å²) in [6.45, 7) is -0.544. The number of nitro groups is 1. The number of nitrogens with one attached hydrogen (secondary N) is 1. The molecule has 9 heteroatoms. The van der Waals surface area contributed by atoms with Gasteiger partial charge in [0, 0.05) is 17.8 Å². The minimum absolute atomic E-state index is 0.149.